The molecule has 3 aromatic heterocycles. The van der Waals surface area contributed by atoms with Crippen molar-refractivity contribution in [1.29, 1.82) is 0 Å². The second-order valence-corrected chi connectivity index (χ2v) is 10.6. The fourth-order valence-corrected chi connectivity index (χ4v) is 5.90. The number of carbonyl (C=O) groups is 3. The van der Waals surface area contributed by atoms with Gasteiger partial charge in [0.15, 0.2) is 11.1 Å². The summed E-state index contributed by atoms with van der Waals surface area (Å²) in [5, 5.41) is 24.5. The average molecular weight is 506 g/mol. The second kappa shape index (κ2) is 8.97. The lowest BCUT2D eigenvalue weighted by Crippen LogP contribution is -2.40. The fourth-order valence-electron chi connectivity index (χ4n) is 5.90. The van der Waals surface area contributed by atoms with Gasteiger partial charge >= 0.3 is 5.97 Å². The van der Waals surface area contributed by atoms with Gasteiger partial charge in [-0.3, -0.25) is 19.1 Å². The van der Waals surface area contributed by atoms with E-state index in [2.05, 4.69) is 20.8 Å². The van der Waals surface area contributed by atoms with Crippen molar-refractivity contribution >= 4 is 23.4 Å². The van der Waals surface area contributed by atoms with E-state index < -0.39 is 17.3 Å². The van der Waals surface area contributed by atoms with Gasteiger partial charge in [-0.25, -0.2) is 9.50 Å². The molecule has 2 saturated carbocycles. The summed E-state index contributed by atoms with van der Waals surface area (Å²) < 4.78 is 3.35. The molecule has 0 aromatic carbocycles. The highest BCUT2D eigenvalue weighted by Crippen LogP contribution is 2.54. The Balaban J connectivity index is 1.32. The van der Waals surface area contributed by atoms with Crippen LogP contribution in [0.2, 0.25) is 0 Å². The Labute approximate surface area is 213 Å². The van der Waals surface area contributed by atoms with E-state index >= 15 is 0 Å². The molecular formula is C26H31N7O4. The molecule has 194 valence electrons. The van der Waals surface area contributed by atoms with Crippen LogP contribution in [0.15, 0.2) is 30.7 Å². The summed E-state index contributed by atoms with van der Waals surface area (Å²) in [5.41, 5.74) is 0.982. The van der Waals surface area contributed by atoms with E-state index in [0.717, 1.165) is 31.4 Å². The predicted octanol–water partition coefficient (Wildman–Crippen LogP) is 1.99. The van der Waals surface area contributed by atoms with Gasteiger partial charge in [0.25, 0.3) is 5.91 Å². The molecule has 3 N–H and O–H groups in total. The fraction of sp³-hybridized carbons (Fsp3) is 0.538. The van der Waals surface area contributed by atoms with Crippen LogP contribution in [0, 0.1) is 23.2 Å². The summed E-state index contributed by atoms with van der Waals surface area (Å²) in [6, 6.07) is 3.26. The monoisotopic (exact) mass is 505 g/mol. The Morgan fingerprint density at radius 3 is 2.62 bits per heavy atom. The Kier molecular flexibility index (Phi) is 5.73. The first-order chi connectivity index (χ1) is 17.9. The summed E-state index contributed by atoms with van der Waals surface area (Å²) in [6.45, 7) is 2.90. The van der Waals surface area contributed by atoms with Gasteiger partial charge in [0.2, 0.25) is 5.91 Å². The Bertz CT molecular complexity index is 1360. The predicted molar refractivity (Wildman–Crippen MR) is 131 cm³/mol. The number of nitrogens with zero attached hydrogens (tertiary/aromatic N) is 5. The first-order valence-electron chi connectivity index (χ1n) is 13.1. The van der Waals surface area contributed by atoms with Crippen LogP contribution in [-0.4, -0.2) is 53.8 Å². The number of carboxylic acid groups (broad SMARTS) is 1. The number of imidazole rings is 1. The number of hydrogen-bond donors (Lipinski definition) is 3. The van der Waals surface area contributed by atoms with Crippen molar-refractivity contribution in [2.24, 2.45) is 23.2 Å². The number of amides is 2. The number of fused-ring (bicyclic) bond motifs is 1. The molecule has 2 atom stereocenters. The Hall–Kier alpha value is -3.76. The van der Waals surface area contributed by atoms with Crippen LogP contribution >= 0.6 is 0 Å². The molecule has 6 rings (SSSR count). The highest BCUT2D eigenvalue weighted by molar-refractivity contribution is 6.03. The summed E-state index contributed by atoms with van der Waals surface area (Å²) in [4.78, 5) is 42.6. The molecule has 37 heavy (non-hydrogen) atoms. The zero-order valence-electron chi connectivity index (χ0n) is 20.8. The molecule has 11 heteroatoms. The van der Waals surface area contributed by atoms with Gasteiger partial charge in [0.05, 0.1) is 24.1 Å². The normalized spacial score (nSPS) is 22.4. The zero-order valence-corrected chi connectivity index (χ0v) is 20.8. The van der Waals surface area contributed by atoms with Crippen LogP contribution < -0.4 is 10.6 Å². The number of aromatic nitrogens is 5. The maximum Gasteiger partial charge on any atom is 0.319 e. The van der Waals surface area contributed by atoms with Crippen molar-refractivity contribution in [3.8, 4) is 0 Å². The highest BCUT2D eigenvalue weighted by Gasteiger charge is 2.50. The molecule has 3 aromatic rings. The summed E-state index contributed by atoms with van der Waals surface area (Å²) in [7, 11) is 0. The minimum Gasteiger partial charge on any atom is -0.480 e. The van der Waals surface area contributed by atoms with Gasteiger partial charge in [-0.1, -0.05) is 0 Å². The first-order valence-corrected chi connectivity index (χ1v) is 13.1. The number of hydrogen-bond acceptors (Lipinski definition) is 6. The highest BCUT2D eigenvalue weighted by atomic mass is 16.4. The van der Waals surface area contributed by atoms with Crippen molar-refractivity contribution < 1.29 is 19.5 Å². The average Bonchev–Trinajstić information content (AvgIpc) is 3.77. The SMILES string of the molecule is CCn1nccc1C(=O)NC(c1cn2ncc(CC3(C(=O)O)CCNC3=O)cc2n1)C(C1CC1)C1CC1. The van der Waals surface area contributed by atoms with Crippen LogP contribution in [0.4, 0.5) is 0 Å². The Morgan fingerprint density at radius 1 is 1.24 bits per heavy atom. The van der Waals surface area contributed by atoms with Gasteiger partial charge in [0.1, 0.15) is 5.69 Å². The van der Waals surface area contributed by atoms with Gasteiger partial charge in [-0.05, 0) is 80.9 Å². The molecule has 2 amide bonds. The minimum atomic E-state index is -1.49. The van der Waals surface area contributed by atoms with Gasteiger partial charge in [0, 0.05) is 19.3 Å². The van der Waals surface area contributed by atoms with Crippen LogP contribution in [0.3, 0.4) is 0 Å². The first kappa shape index (κ1) is 23.6. The third-order valence-electron chi connectivity index (χ3n) is 8.15. The van der Waals surface area contributed by atoms with E-state index in [-0.39, 0.29) is 24.8 Å². The van der Waals surface area contributed by atoms with E-state index in [1.165, 1.54) is 0 Å². The van der Waals surface area contributed by atoms with E-state index in [9.17, 15) is 19.5 Å². The lowest BCUT2D eigenvalue weighted by Gasteiger charge is -2.27. The molecule has 1 aliphatic heterocycles. The van der Waals surface area contributed by atoms with Crippen molar-refractivity contribution in [2.75, 3.05) is 6.54 Å². The molecule has 2 unspecified atom stereocenters. The summed E-state index contributed by atoms with van der Waals surface area (Å²) >= 11 is 0. The van der Waals surface area contributed by atoms with E-state index in [4.69, 9.17) is 4.98 Å². The maximum absolute atomic E-state index is 13.3. The van der Waals surface area contributed by atoms with Crippen LogP contribution in [-0.2, 0) is 22.6 Å². The number of aliphatic carboxylic acids is 1. The van der Waals surface area contributed by atoms with E-state index in [1.807, 2.05) is 13.1 Å². The summed E-state index contributed by atoms with van der Waals surface area (Å²) in [6.07, 6.45) is 10.0. The van der Waals surface area contributed by atoms with Crippen molar-refractivity contribution in [2.45, 2.75) is 58.0 Å². The molecule has 1 saturated heterocycles. The lowest BCUT2D eigenvalue weighted by atomic mass is 9.80. The number of nitrogens with one attached hydrogen (secondary N) is 2. The molecule has 3 fully saturated rings. The zero-order chi connectivity index (χ0) is 25.7. The molecular weight excluding hydrogens is 474 g/mol. The molecule has 2 aliphatic carbocycles. The number of aryl methyl sites for hydroxylation is 1. The topological polar surface area (TPSA) is 144 Å². The number of carboxylic acids is 1. The van der Waals surface area contributed by atoms with Crippen LogP contribution in [0.5, 0.6) is 0 Å². The molecule has 0 radical (unpaired) electrons. The molecule has 4 heterocycles. The summed E-state index contributed by atoms with van der Waals surface area (Å²) in [5.74, 6) is -0.315. The maximum atomic E-state index is 13.3. The smallest absolute Gasteiger partial charge is 0.319 e. The molecule has 0 bridgehead atoms. The minimum absolute atomic E-state index is 0.0494. The quantitative estimate of drug-likeness (QED) is 0.358. The molecule has 11 nitrogen and oxygen atoms in total. The van der Waals surface area contributed by atoms with Crippen LogP contribution in [0.25, 0.3) is 5.65 Å². The van der Waals surface area contributed by atoms with Gasteiger partial charge in [-0.2, -0.15) is 10.2 Å². The molecule has 0 spiro atoms. The van der Waals surface area contributed by atoms with Crippen molar-refractivity contribution in [1.82, 2.24) is 35.0 Å². The van der Waals surface area contributed by atoms with E-state index in [1.54, 1.807) is 33.7 Å². The van der Waals surface area contributed by atoms with Crippen LogP contribution in [0.1, 0.15) is 66.8 Å². The number of carbonyl (C=O) groups excluding carboxylic acids is 2. The standard InChI is InChI=1S/C26H31N7O4/c1-2-32-19(7-9-28-32)23(34)31-22(21(16-3-4-16)17-5-6-17)18-14-33-20(30-18)11-15(13-29-33)12-26(25(36)37)8-10-27-24(26)35/h7,9,11,13-14,16-17,21-22H,2-6,8,10,12H2,1H3,(H,27,35)(H,31,34)(H,36,37). The third-order valence-corrected chi connectivity index (χ3v) is 8.15. The number of rotatable bonds is 10. The van der Waals surface area contributed by atoms with Crippen molar-refractivity contribution in [3.05, 3.63) is 47.7 Å². The van der Waals surface area contributed by atoms with Gasteiger partial charge < -0.3 is 15.7 Å². The van der Waals surface area contributed by atoms with Gasteiger partial charge in [-0.15, -0.1) is 0 Å². The largest absolute Gasteiger partial charge is 0.480 e. The Morgan fingerprint density at radius 2 is 2.00 bits per heavy atom. The lowest BCUT2D eigenvalue weighted by molar-refractivity contribution is -0.153. The van der Waals surface area contributed by atoms with Crippen molar-refractivity contribution in [3.63, 3.8) is 0 Å². The van der Waals surface area contributed by atoms with E-state index in [0.29, 0.717) is 47.7 Å². The molecule has 3 aliphatic rings. The second-order valence-electron chi connectivity index (χ2n) is 10.6. The third kappa shape index (κ3) is 4.25.